The maximum Gasteiger partial charge on any atom is 0.416 e. The van der Waals surface area contributed by atoms with Crippen LogP contribution in [-0.4, -0.2) is 60.8 Å². The number of alkyl halides is 3. The molecule has 1 heterocycles. The van der Waals surface area contributed by atoms with Gasteiger partial charge in [0.25, 0.3) is 0 Å². The van der Waals surface area contributed by atoms with E-state index >= 15 is 0 Å². The molecule has 0 aromatic heterocycles. The minimum Gasteiger partial charge on any atom is -0.497 e. The molecule has 1 aliphatic heterocycles. The Bertz CT molecular complexity index is 1090. The average molecular weight is 492 g/mol. The van der Waals surface area contributed by atoms with Gasteiger partial charge in [-0.15, -0.1) is 0 Å². The second-order valence-electron chi connectivity index (χ2n) is 8.22. The Labute approximate surface area is 201 Å². The topological polar surface area (TPSA) is 91.0 Å². The summed E-state index contributed by atoms with van der Waals surface area (Å²) in [7, 11) is 1.48. The van der Waals surface area contributed by atoms with E-state index < -0.39 is 17.8 Å². The van der Waals surface area contributed by atoms with Crippen LogP contribution in [0, 0.1) is 0 Å². The molecule has 0 saturated carbocycles. The summed E-state index contributed by atoms with van der Waals surface area (Å²) >= 11 is 0. The number of amides is 3. The lowest BCUT2D eigenvalue weighted by atomic mass is 10.0. The predicted octanol–water partition coefficient (Wildman–Crippen LogP) is 3.52. The smallest absolute Gasteiger partial charge is 0.416 e. The summed E-state index contributed by atoms with van der Waals surface area (Å²) in [4.78, 5) is 39.9. The van der Waals surface area contributed by atoms with Gasteiger partial charge in [0.05, 0.1) is 36.6 Å². The molecule has 35 heavy (non-hydrogen) atoms. The summed E-state index contributed by atoms with van der Waals surface area (Å²) < 4.78 is 44.0. The van der Waals surface area contributed by atoms with Crippen LogP contribution in [-0.2, 0) is 20.6 Å². The lowest BCUT2D eigenvalue weighted by Crippen LogP contribution is -2.51. The van der Waals surface area contributed by atoms with Gasteiger partial charge in [-0.1, -0.05) is 12.1 Å². The van der Waals surface area contributed by atoms with Crippen molar-refractivity contribution in [3.05, 3.63) is 53.6 Å². The van der Waals surface area contributed by atoms with Gasteiger partial charge in [-0.3, -0.25) is 19.3 Å². The highest BCUT2D eigenvalue weighted by atomic mass is 19.4. The Morgan fingerprint density at radius 3 is 2.26 bits per heavy atom. The Kier molecular flexibility index (Phi) is 8.00. The fourth-order valence-corrected chi connectivity index (χ4v) is 3.98. The van der Waals surface area contributed by atoms with E-state index in [0.717, 1.165) is 12.1 Å². The number of ether oxygens (including phenoxy) is 1. The van der Waals surface area contributed by atoms with E-state index in [-0.39, 0.29) is 30.8 Å². The molecule has 0 aliphatic carbocycles. The van der Waals surface area contributed by atoms with E-state index in [0.29, 0.717) is 35.8 Å². The van der Waals surface area contributed by atoms with Crippen LogP contribution in [0.5, 0.6) is 5.75 Å². The van der Waals surface area contributed by atoms with Crippen LogP contribution in [0.25, 0.3) is 0 Å². The molecular weight excluding hydrogens is 465 g/mol. The van der Waals surface area contributed by atoms with Gasteiger partial charge < -0.3 is 20.3 Å². The molecule has 188 valence electrons. The van der Waals surface area contributed by atoms with E-state index in [1.807, 2.05) is 4.90 Å². The summed E-state index contributed by atoms with van der Waals surface area (Å²) in [5.74, 6) is -0.361. The van der Waals surface area contributed by atoms with Gasteiger partial charge in [0.1, 0.15) is 5.75 Å². The van der Waals surface area contributed by atoms with Crippen molar-refractivity contribution >= 4 is 29.1 Å². The van der Waals surface area contributed by atoms with Crippen LogP contribution in [0.3, 0.4) is 0 Å². The van der Waals surface area contributed by atoms with Crippen LogP contribution >= 0.6 is 0 Å². The van der Waals surface area contributed by atoms with E-state index in [1.165, 1.54) is 33.1 Å². The predicted molar refractivity (Wildman–Crippen MR) is 124 cm³/mol. The number of anilines is 2. The van der Waals surface area contributed by atoms with Crippen molar-refractivity contribution in [1.82, 2.24) is 9.80 Å². The van der Waals surface area contributed by atoms with Crippen molar-refractivity contribution in [2.24, 2.45) is 0 Å². The zero-order valence-corrected chi connectivity index (χ0v) is 19.6. The molecule has 1 unspecified atom stereocenters. The zero-order valence-electron chi connectivity index (χ0n) is 19.6. The second-order valence-corrected chi connectivity index (χ2v) is 8.22. The van der Waals surface area contributed by atoms with E-state index in [9.17, 15) is 27.6 Å². The molecule has 2 aromatic rings. The third-order valence-corrected chi connectivity index (χ3v) is 5.67. The fraction of sp³-hybridized carbons (Fsp3) is 0.375. The van der Waals surface area contributed by atoms with Crippen molar-refractivity contribution in [3.63, 3.8) is 0 Å². The highest BCUT2D eigenvalue weighted by molar-refractivity contribution is 5.99. The lowest BCUT2D eigenvalue weighted by molar-refractivity contribution is -0.138. The number of nitrogens with one attached hydrogen (secondary N) is 2. The van der Waals surface area contributed by atoms with Crippen LogP contribution < -0.4 is 15.4 Å². The molecule has 3 amide bonds. The monoisotopic (exact) mass is 492 g/mol. The molecule has 2 aromatic carbocycles. The van der Waals surface area contributed by atoms with Gasteiger partial charge in [0.2, 0.25) is 17.7 Å². The van der Waals surface area contributed by atoms with Crippen molar-refractivity contribution < 1.29 is 32.3 Å². The molecule has 3 rings (SSSR count). The number of carbonyl (C=O) groups is 3. The number of benzene rings is 2. The van der Waals surface area contributed by atoms with E-state index in [1.54, 1.807) is 23.1 Å². The molecular formula is C24H27F3N4O4. The number of rotatable bonds is 6. The largest absolute Gasteiger partial charge is 0.497 e. The Morgan fingerprint density at radius 2 is 1.69 bits per heavy atom. The minimum atomic E-state index is -4.45. The average Bonchev–Trinajstić information content (AvgIpc) is 2.79. The summed E-state index contributed by atoms with van der Waals surface area (Å²) in [5, 5.41) is 5.42. The summed E-state index contributed by atoms with van der Waals surface area (Å²) in [6.45, 7) is 3.76. The Balaban J connectivity index is 1.74. The van der Waals surface area contributed by atoms with Crippen LogP contribution in [0.2, 0.25) is 0 Å². The summed E-state index contributed by atoms with van der Waals surface area (Å²) in [6, 6.07) is 9.06. The van der Waals surface area contributed by atoms with Gasteiger partial charge in [-0.2, -0.15) is 13.2 Å². The number of nitrogens with zero attached hydrogens (tertiary/aromatic N) is 2. The van der Waals surface area contributed by atoms with E-state index in [4.69, 9.17) is 4.74 Å². The maximum atomic E-state index is 12.9. The zero-order chi connectivity index (χ0) is 25.8. The first-order valence-electron chi connectivity index (χ1n) is 10.9. The molecule has 0 radical (unpaired) electrons. The molecule has 1 aliphatic rings. The highest BCUT2D eigenvalue weighted by Crippen LogP contribution is 2.32. The molecule has 2 N–H and O–H groups in total. The quantitative estimate of drug-likeness (QED) is 0.644. The number of hydrogen-bond acceptors (Lipinski definition) is 5. The van der Waals surface area contributed by atoms with Crippen molar-refractivity contribution in [3.8, 4) is 5.75 Å². The van der Waals surface area contributed by atoms with Crippen molar-refractivity contribution in [2.75, 3.05) is 43.9 Å². The Hall–Kier alpha value is -3.60. The van der Waals surface area contributed by atoms with Crippen molar-refractivity contribution in [1.29, 1.82) is 0 Å². The number of carbonyl (C=O) groups excluding carboxylic acids is 3. The number of piperazine rings is 1. The third-order valence-electron chi connectivity index (χ3n) is 5.67. The SMILES string of the molecule is COc1ccc(NC(C)=O)c(NC(=O)CN2CCN(C(C)=O)C(c3ccc(C(F)(F)F)cc3)C2)c1. The van der Waals surface area contributed by atoms with Gasteiger partial charge in [0, 0.05) is 39.5 Å². The summed E-state index contributed by atoms with van der Waals surface area (Å²) in [5.41, 5.74) is 0.567. The normalized spacial score (nSPS) is 16.5. The van der Waals surface area contributed by atoms with Crippen LogP contribution in [0.15, 0.2) is 42.5 Å². The molecule has 1 saturated heterocycles. The molecule has 8 nitrogen and oxygen atoms in total. The number of halogens is 3. The van der Waals surface area contributed by atoms with E-state index in [2.05, 4.69) is 10.6 Å². The first-order chi connectivity index (χ1) is 16.5. The standard InChI is InChI=1S/C24H27F3N4O4/c1-15(32)28-20-9-8-19(35-3)12-21(20)29-23(34)14-30-10-11-31(16(2)33)22(13-30)17-4-6-18(7-5-17)24(25,26)27/h4-9,12,22H,10-11,13-14H2,1-3H3,(H,28,32)(H,29,34). The fourth-order valence-electron chi connectivity index (χ4n) is 3.98. The molecule has 0 spiro atoms. The maximum absolute atomic E-state index is 12.9. The van der Waals surface area contributed by atoms with Gasteiger partial charge in [-0.05, 0) is 29.8 Å². The molecule has 1 atom stereocenters. The lowest BCUT2D eigenvalue weighted by Gasteiger charge is -2.41. The molecule has 0 bridgehead atoms. The third kappa shape index (κ3) is 6.72. The first kappa shape index (κ1) is 26.0. The van der Waals surface area contributed by atoms with Gasteiger partial charge in [0.15, 0.2) is 0 Å². The number of methoxy groups -OCH3 is 1. The van der Waals surface area contributed by atoms with Gasteiger partial charge in [-0.25, -0.2) is 0 Å². The second kappa shape index (κ2) is 10.8. The first-order valence-corrected chi connectivity index (χ1v) is 10.9. The molecule has 11 heteroatoms. The van der Waals surface area contributed by atoms with Gasteiger partial charge >= 0.3 is 6.18 Å². The van der Waals surface area contributed by atoms with Crippen LogP contribution in [0.1, 0.15) is 31.0 Å². The number of hydrogen-bond donors (Lipinski definition) is 2. The minimum absolute atomic E-state index is 0.0143. The Morgan fingerprint density at radius 1 is 1.00 bits per heavy atom. The highest BCUT2D eigenvalue weighted by Gasteiger charge is 2.33. The summed E-state index contributed by atoms with van der Waals surface area (Å²) in [6.07, 6.45) is -4.45. The van der Waals surface area contributed by atoms with Crippen LogP contribution in [0.4, 0.5) is 24.5 Å². The molecule has 1 fully saturated rings. The van der Waals surface area contributed by atoms with Crippen molar-refractivity contribution in [2.45, 2.75) is 26.1 Å².